The van der Waals surface area contributed by atoms with Crippen molar-refractivity contribution < 1.29 is 8.78 Å². The van der Waals surface area contributed by atoms with Gasteiger partial charge in [0, 0.05) is 109 Å². The van der Waals surface area contributed by atoms with Crippen LogP contribution in [0.15, 0.2) is 73.6 Å². The minimum atomic E-state index is -0.430. The molecule has 0 radical (unpaired) electrons. The number of aromatic nitrogens is 9. The number of halogens is 3. The SMILES string of the molecule is CN[C@H]1CN(c2cnc3nc(-c4cc(F)c5nc(C)cn5c4)ncc3c2)CC1C1CN(c2cnc3nc(-c4cc(F)c5nn(C)cc5c4)cc(Cl)c3c2)CC(C)N1. The Kier molecular flexibility index (Phi) is 8.50. The maximum atomic E-state index is 14.9. The number of piperazine rings is 1. The second kappa shape index (κ2) is 13.6. The Labute approximate surface area is 330 Å². The molecule has 3 unspecified atom stereocenters. The molecule has 2 N–H and O–H groups in total. The van der Waals surface area contributed by atoms with Gasteiger partial charge in [0.05, 0.1) is 40.2 Å². The monoisotopic (exact) mass is 785 g/mol. The van der Waals surface area contributed by atoms with Crippen molar-refractivity contribution >= 4 is 61.6 Å². The fourth-order valence-corrected chi connectivity index (χ4v) is 8.84. The van der Waals surface area contributed by atoms with Gasteiger partial charge in [-0.25, -0.2) is 38.7 Å². The van der Waals surface area contributed by atoms with Crippen LogP contribution >= 0.6 is 11.6 Å². The molecule has 0 amide bonds. The maximum absolute atomic E-state index is 14.9. The minimum Gasteiger partial charge on any atom is -0.368 e. The van der Waals surface area contributed by atoms with Gasteiger partial charge in [0.2, 0.25) is 0 Å². The van der Waals surface area contributed by atoms with E-state index in [0.29, 0.717) is 49.9 Å². The first-order valence-corrected chi connectivity index (χ1v) is 19.3. The highest BCUT2D eigenvalue weighted by Crippen LogP contribution is 2.34. The molecule has 13 nitrogen and oxygen atoms in total. The van der Waals surface area contributed by atoms with Gasteiger partial charge in [0.1, 0.15) is 5.52 Å². The summed E-state index contributed by atoms with van der Waals surface area (Å²) in [7, 11) is 3.78. The van der Waals surface area contributed by atoms with Crippen LogP contribution in [-0.2, 0) is 7.05 Å². The van der Waals surface area contributed by atoms with Crippen LogP contribution in [0.1, 0.15) is 12.6 Å². The number of benzene rings is 1. The maximum Gasteiger partial charge on any atom is 0.173 e. The highest BCUT2D eigenvalue weighted by Gasteiger charge is 2.40. The van der Waals surface area contributed by atoms with Crippen LogP contribution in [0, 0.1) is 24.5 Å². The smallest absolute Gasteiger partial charge is 0.173 e. The number of pyridine rings is 4. The lowest BCUT2D eigenvalue weighted by atomic mass is 9.91. The lowest BCUT2D eigenvalue weighted by Crippen LogP contribution is -2.60. The molecule has 0 aliphatic carbocycles. The normalized spacial score (nSPS) is 20.2. The fourth-order valence-electron chi connectivity index (χ4n) is 8.60. The first-order chi connectivity index (χ1) is 27.6. The van der Waals surface area contributed by atoms with Gasteiger partial charge in [0.25, 0.3) is 0 Å². The Hall–Kier alpha value is -5.90. The van der Waals surface area contributed by atoms with E-state index in [1.165, 1.54) is 12.1 Å². The van der Waals surface area contributed by atoms with Gasteiger partial charge in [0.15, 0.2) is 34.4 Å². The zero-order valence-electron chi connectivity index (χ0n) is 31.6. The second-order valence-electron chi connectivity index (χ2n) is 15.3. The number of hydrogen-bond acceptors (Lipinski definition) is 11. The summed E-state index contributed by atoms with van der Waals surface area (Å²) in [6, 6.07) is 11.2. The van der Waals surface area contributed by atoms with E-state index in [-0.39, 0.29) is 29.7 Å². The summed E-state index contributed by atoms with van der Waals surface area (Å²) >= 11 is 6.89. The van der Waals surface area contributed by atoms with Crippen LogP contribution in [0.3, 0.4) is 0 Å². The number of aryl methyl sites for hydroxylation is 2. The van der Waals surface area contributed by atoms with Crippen molar-refractivity contribution in [3.05, 3.63) is 95.9 Å². The Morgan fingerprint density at radius 1 is 0.789 bits per heavy atom. The van der Waals surface area contributed by atoms with Crippen molar-refractivity contribution in [2.24, 2.45) is 13.0 Å². The number of nitrogens with zero attached hydrogens (tertiary/aromatic N) is 11. The molecular formula is C41H38ClF2N13. The van der Waals surface area contributed by atoms with Crippen molar-refractivity contribution in [3.63, 3.8) is 0 Å². The highest BCUT2D eigenvalue weighted by molar-refractivity contribution is 6.35. The summed E-state index contributed by atoms with van der Waals surface area (Å²) in [4.78, 5) is 32.5. The third kappa shape index (κ3) is 6.35. The van der Waals surface area contributed by atoms with Crippen molar-refractivity contribution in [1.29, 1.82) is 0 Å². The first kappa shape index (κ1) is 35.5. The van der Waals surface area contributed by atoms with Crippen LogP contribution < -0.4 is 20.4 Å². The molecule has 0 spiro atoms. The van der Waals surface area contributed by atoms with Crippen LogP contribution in [0.25, 0.3) is 61.3 Å². The molecule has 2 aliphatic heterocycles. The van der Waals surface area contributed by atoms with Gasteiger partial charge in [-0.3, -0.25) is 4.68 Å². The standard InChI is InChI=1S/C41H38ClF2N13/c1-21-14-55(28-9-29-31(42)10-34(51-40(29)48-13-28)23-5-25-16-54(4)53-37(25)32(43)7-23)20-36(49-21)30-18-56(19-35(30)45-3)27-6-24-11-46-39(52-38(24)47-12-27)26-8-33(44)41-50-22(2)15-57(41)17-26/h5-13,15-17,21,30,35-36,45,49H,14,18-20H2,1-4H3/t21?,30?,35-,36?/m0/s1. The second-order valence-corrected chi connectivity index (χ2v) is 15.7. The van der Waals surface area contributed by atoms with Gasteiger partial charge < -0.3 is 24.8 Å². The molecule has 10 rings (SSSR count). The number of fused-ring (bicyclic) bond motifs is 4. The number of nitrogens with one attached hydrogen (secondary N) is 2. The molecule has 16 heteroatoms. The summed E-state index contributed by atoms with van der Waals surface area (Å²) in [5.74, 6) is -0.162. The predicted molar refractivity (Wildman–Crippen MR) is 218 cm³/mol. The molecule has 57 heavy (non-hydrogen) atoms. The third-order valence-electron chi connectivity index (χ3n) is 11.3. The largest absolute Gasteiger partial charge is 0.368 e. The van der Waals surface area contributed by atoms with Crippen molar-refractivity contribution in [2.75, 3.05) is 43.0 Å². The third-order valence-corrected chi connectivity index (χ3v) is 11.6. The molecule has 2 saturated heterocycles. The van der Waals surface area contributed by atoms with Gasteiger partial charge in [-0.1, -0.05) is 11.6 Å². The van der Waals surface area contributed by atoms with Crippen LogP contribution in [-0.4, -0.2) is 95.4 Å². The molecule has 2 fully saturated rings. The summed E-state index contributed by atoms with van der Waals surface area (Å²) in [5, 5.41) is 14.4. The van der Waals surface area contributed by atoms with E-state index in [1.54, 1.807) is 47.0 Å². The Balaban J connectivity index is 0.876. The summed E-state index contributed by atoms with van der Waals surface area (Å²) in [6.07, 6.45) is 10.8. The van der Waals surface area contributed by atoms with Gasteiger partial charge in [-0.2, -0.15) is 5.10 Å². The molecule has 4 atom stereocenters. The van der Waals surface area contributed by atoms with Gasteiger partial charge >= 0.3 is 0 Å². The summed E-state index contributed by atoms with van der Waals surface area (Å²) in [5.41, 5.74) is 6.03. The highest BCUT2D eigenvalue weighted by atomic mass is 35.5. The number of imidazole rings is 1. The van der Waals surface area contributed by atoms with Crippen molar-refractivity contribution in [2.45, 2.75) is 32.0 Å². The van der Waals surface area contributed by atoms with E-state index in [0.717, 1.165) is 54.0 Å². The fraction of sp³-hybridized carbons (Fsp3) is 0.293. The molecule has 9 heterocycles. The molecule has 2 aliphatic rings. The summed E-state index contributed by atoms with van der Waals surface area (Å²) < 4.78 is 33.0. The number of likely N-dealkylation sites (N-methyl/N-ethyl adjacent to an activating group) is 1. The number of anilines is 2. The van der Waals surface area contributed by atoms with Crippen LogP contribution in [0.5, 0.6) is 0 Å². The van der Waals surface area contributed by atoms with E-state index >= 15 is 0 Å². The lowest BCUT2D eigenvalue weighted by molar-refractivity contribution is 0.278. The zero-order valence-corrected chi connectivity index (χ0v) is 32.4. The molecule has 8 aromatic rings. The molecular weight excluding hydrogens is 748 g/mol. The molecule has 0 saturated carbocycles. The van der Waals surface area contributed by atoms with Crippen molar-refractivity contribution in [1.82, 2.24) is 54.7 Å². The van der Waals surface area contributed by atoms with E-state index in [9.17, 15) is 8.78 Å². The average Bonchev–Trinajstić information content (AvgIpc) is 3.93. The Morgan fingerprint density at radius 3 is 2.42 bits per heavy atom. The van der Waals surface area contributed by atoms with Gasteiger partial charge in [-0.05, 0) is 57.3 Å². The van der Waals surface area contributed by atoms with E-state index < -0.39 is 11.6 Å². The van der Waals surface area contributed by atoms with E-state index in [4.69, 9.17) is 26.6 Å². The minimum absolute atomic E-state index is 0.177. The van der Waals surface area contributed by atoms with E-state index in [1.807, 2.05) is 32.4 Å². The van der Waals surface area contributed by atoms with Gasteiger partial charge in [-0.15, -0.1) is 0 Å². The topological polar surface area (TPSA) is 130 Å². The lowest BCUT2D eigenvalue weighted by Gasteiger charge is -2.42. The number of rotatable bonds is 6. The Morgan fingerprint density at radius 2 is 1.58 bits per heavy atom. The van der Waals surface area contributed by atoms with E-state index in [2.05, 4.69) is 59.5 Å². The molecule has 1 aromatic carbocycles. The average molecular weight is 786 g/mol. The zero-order chi connectivity index (χ0) is 39.1. The molecule has 0 bridgehead atoms. The molecule has 288 valence electrons. The first-order valence-electron chi connectivity index (χ1n) is 18.9. The number of hydrogen-bond donors (Lipinski definition) is 2. The van der Waals surface area contributed by atoms with Crippen molar-refractivity contribution in [3.8, 4) is 22.6 Å². The molecule has 7 aromatic heterocycles. The van der Waals surface area contributed by atoms with Crippen LogP contribution in [0.2, 0.25) is 5.02 Å². The van der Waals surface area contributed by atoms with Crippen LogP contribution in [0.4, 0.5) is 20.2 Å². The Bertz CT molecular complexity index is 2880. The quantitative estimate of drug-likeness (QED) is 0.207. The predicted octanol–water partition coefficient (Wildman–Crippen LogP) is 5.97. The summed E-state index contributed by atoms with van der Waals surface area (Å²) in [6.45, 7) is 7.24.